The van der Waals surface area contributed by atoms with Crippen molar-refractivity contribution in [2.45, 2.75) is 18.9 Å². The van der Waals surface area contributed by atoms with Crippen molar-refractivity contribution >= 4 is 33.5 Å². The fourth-order valence-corrected chi connectivity index (χ4v) is 1.69. The molecule has 0 radical (unpaired) electrons. The van der Waals surface area contributed by atoms with Crippen LogP contribution in [-0.2, 0) is 4.79 Å². The smallest absolute Gasteiger partial charge is 0.306 e. The molecular formula is C12H15BrN2O4. The highest BCUT2D eigenvalue weighted by atomic mass is 79.9. The van der Waals surface area contributed by atoms with E-state index in [1.165, 1.54) is 13.0 Å². The van der Waals surface area contributed by atoms with E-state index in [4.69, 9.17) is 10.8 Å². The minimum atomic E-state index is -1.50. The predicted molar refractivity (Wildman–Crippen MR) is 73.8 cm³/mol. The summed E-state index contributed by atoms with van der Waals surface area (Å²) in [6, 6.07) is 4.70. The maximum atomic E-state index is 11.8. The molecule has 0 spiro atoms. The number of carboxylic acid groups (broad SMARTS) is 1. The van der Waals surface area contributed by atoms with Gasteiger partial charge < -0.3 is 21.3 Å². The van der Waals surface area contributed by atoms with Gasteiger partial charge in [-0.25, -0.2) is 0 Å². The maximum Gasteiger partial charge on any atom is 0.306 e. The van der Waals surface area contributed by atoms with E-state index in [2.05, 4.69) is 21.2 Å². The van der Waals surface area contributed by atoms with Crippen molar-refractivity contribution in [3.63, 3.8) is 0 Å². The third-order valence-electron chi connectivity index (χ3n) is 2.42. The molecule has 1 aromatic rings. The molecule has 0 bridgehead atoms. The summed E-state index contributed by atoms with van der Waals surface area (Å²) in [6.45, 7) is 1.19. The Morgan fingerprint density at radius 3 is 2.63 bits per heavy atom. The van der Waals surface area contributed by atoms with Gasteiger partial charge in [-0.2, -0.15) is 0 Å². The molecule has 1 rings (SSSR count). The first-order valence-electron chi connectivity index (χ1n) is 5.49. The van der Waals surface area contributed by atoms with Gasteiger partial charge in [-0.3, -0.25) is 9.59 Å². The SMILES string of the molecule is CC(O)(CNC(=O)c1ccc(Br)c(N)c1)CC(=O)O. The summed E-state index contributed by atoms with van der Waals surface area (Å²) in [4.78, 5) is 22.3. The maximum absolute atomic E-state index is 11.8. The van der Waals surface area contributed by atoms with Crippen LogP contribution in [0.15, 0.2) is 22.7 Å². The number of aliphatic carboxylic acids is 1. The second-order valence-electron chi connectivity index (χ2n) is 4.49. The third kappa shape index (κ3) is 4.88. The lowest BCUT2D eigenvalue weighted by Crippen LogP contribution is -2.42. The zero-order chi connectivity index (χ0) is 14.6. The summed E-state index contributed by atoms with van der Waals surface area (Å²) >= 11 is 3.21. The summed E-state index contributed by atoms with van der Waals surface area (Å²) in [5, 5.41) is 20.8. The van der Waals surface area contributed by atoms with Gasteiger partial charge in [0.1, 0.15) is 0 Å². The van der Waals surface area contributed by atoms with Crippen LogP contribution in [-0.4, -0.2) is 34.2 Å². The zero-order valence-electron chi connectivity index (χ0n) is 10.3. The van der Waals surface area contributed by atoms with E-state index < -0.39 is 23.9 Å². The molecule has 19 heavy (non-hydrogen) atoms. The molecule has 6 nitrogen and oxygen atoms in total. The minimum Gasteiger partial charge on any atom is -0.481 e. The Morgan fingerprint density at radius 1 is 1.47 bits per heavy atom. The van der Waals surface area contributed by atoms with Gasteiger partial charge in [-0.1, -0.05) is 0 Å². The number of hydrogen-bond acceptors (Lipinski definition) is 4. The van der Waals surface area contributed by atoms with Gasteiger partial charge in [-0.15, -0.1) is 0 Å². The number of carbonyl (C=O) groups excluding carboxylic acids is 1. The van der Waals surface area contributed by atoms with E-state index >= 15 is 0 Å². The van der Waals surface area contributed by atoms with E-state index in [0.717, 1.165) is 0 Å². The number of carbonyl (C=O) groups is 2. The van der Waals surface area contributed by atoms with Crippen LogP contribution in [0.5, 0.6) is 0 Å². The first-order valence-corrected chi connectivity index (χ1v) is 6.28. The number of anilines is 1. The van der Waals surface area contributed by atoms with Gasteiger partial charge in [0.15, 0.2) is 0 Å². The number of aliphatic hydroxyl groups is 1. The molecule has 0 fully saturated rings. The van der Waals surface area contributed by atoms with Crippen LogP contribution in [0, 0.1) is 0 Å². The van der Waals surface area contributed by atoms with Gasteiger partial charge in [0.2, 0.25) is 0 Å². The summed E-state index contributed by atoms with van der Waals surface area (Å²) in [5.41, 5.74) is 4.92. The molecule has 0 aliphatic rings. The standard InChI is InChI=1S/C12H15BrN2O4/c1-12(19,5-10(16)17)6-15-11(18)7-2-3-8(13)9(14)4-7/h2-4,19H,5-6,14H2,1H3,(H,15,18)(H,16,17). The van der Waals surface area contributed by atoms with Crippen molar-refractivity contribution in [3.8, 4) is 0 Å². The lowest BCUT2D eigenvalue weighted by atomic mass is 10.0. The molecule has 0 aromatic heterocycles. The largest absolute Gasteiger partial charge is 0.481 e. The van der Waals surface area contributed by atoms with Crippen LogP contribution >= 0.6 is 15.9 Å². The average Bonchev–Trinajstić information content (AvgIpc) is 2.28. The Kier molecular flexibility index (Phi) is 4.90. The van der Waals surface area contributed by atoms with Crippen molar-refractivity contribution in [1.29, 1.82) is 0 Å². The number of amides is 1. The van der Waals surface area contributed by atoms with Crippen LogP contribution < -0.4 is 11.1 Å². The van der Waals surface area contributed by atoms with E-state index in [9.17, 15) is 14.7 Å². The number of carboxylic acids is 1. The molecule has 0 saturated heterocycles. The molecule has 0 saturated carbocycles. The van der Waals surface area contributed by atoms with Crippen molar-refractivity contribution in [2.75, 3.05) is 12.3 Å². The lowest BCUT2D eigenvalue weighted by Gasteiger charge is -2.21. The van der Waals surface area contributed by atoms with Gasteiger partial charge in [-0.05, 0) is 41.1 Å². The topological polar surface area (TPSA) is 113 Å². The first-order chi connectivity index (χ1) is 8.71. The molecule has 7 heteroatoms. The van der Waals surface area contributed by atoms with E-state index in [-0.39, 0.29) is 6.54 Å². The molecule has 1 atom stereocenters. The lowest BCUT2D eigenvalue weighted by molar-refractivity contribution is -0.141. The summed E-state index contributed by atoms with van der Waals surface area (Å²) in [5.74, 6) is -1.56. The second kappa shape index (κ2) is 6.03. The number of halogens is 1. The highest BCUT2D eigenvalue weighted by molar-refractivity contribution is 9.10. The van der Waals surface area contributed by atoms with Crippen LogP contribution in [0.25, 0.3) is 0 Å². The molecule has 1 aromatic carbocycles. The van der Waals surface area contributed by atoms with Crippen LogP contribution in [0.3, 0.4) is 0 Å². The van der Waals surface area contributed by atoms with Crippen molar-refractivity contribution in [3.05, 3.63) is 28.2 Å². The fraction of sp³-hybridized carbons (Fsp3) is 0.333. The number of nitrogens with two attached hydrogens (primary N) is 1. The van der Waals surface area contributed by atoms with E-state index in [0.29, 0.717) is 15.7 Å². The average molecular weight is 331 g/mol. The second-order valence-corrected chi connectivity index (χ2v) is 5.34. The normalized spacial score (nSPS) is 13.6. The quantitative estimate of drug-likeness (QED) is 0.601. The van der Waals surface area contributed by atoms with Crippen LogP contribution in [0.1, 0.15) is 23.7 Å². The van der Waals surface area contributed by atoms with Crippen molar-refractivity contribution in [2.24, 2.45) is 0 Å². The summed E-state index contributed by atoms with van der Waals surface area (Å²) in [6.07, 6.45) is -0.449. The molecule has 5 N–H and O–H groups in total. The summed E-state index contributed by atoms with van der Waals surface area (Å²) < 4.78 is 0.682. The molecular weight excluding hydrogens is 316 g/mol. The Bertz CT molecular complexity index is 503. The first kappa shape index (κ1) is 15.5. The number of nitrogen functional groups attached to an aromatic ring is 1. The minimum absolute atomic E-state index is 0.159. The van der Waals surface area contributed by atoms with E-state index in [1.807, 2.05) is 0 Å². The Morgan fingerprint density at radius 2 is 2.11 bits per heavy atom. The van der Waals surface area contributed by atoms with Gasteiger partial charge in [0.05, 0.1) is 12.0 Å². The summed E-state index contributed by atoms with van der Waals surface area (Å²) in [7, 11) is 0. The van der Waals surface area contributed by atoms with Crippen LogP contribution in [0.2, 0.25) is 0 Å². The van der Waals surface area contributed by atoms with Crippen LogP contribution in [0.4, 0.5) is 5.69 Å². The zero-order valence-corrected chi connectivity index (χ0v) is 11.9. The van der Waals surface area contributed by atoms with Gasteiger partial charge in [0.25, 0.3) is 5.91 Å². The Labute approximate surface area is 118 Å². The number of rotatable bonds is 5. The monoisotopic (exact) mass is 330 g/mol. The number of benzene rings is 1. The molecule has 1 unspecified atom stereocenters. The molecule has 0 heterocycles. The van der Waals surface area contributed by atoms with Gasteiger partial charge in [0, 0.05) is 22.3 Å². The molecule has 1 amide bonds. The molecule has 0 aliphatic carbocycles. The number of hydrogen-bond donors (Lipinski definition) is 4. The van der Waals surface area contributed by atoms with Crippen molar-refractivity contribution < 1.29 is 19.8 Å². The van der Waals surface area contributed by atoms with Gasteiger partial charge >= 0.3 is 5.97 Å². The predicted octanol–water partition coefficient (Wildman–Crippen LogP) is 0.987. The molecule has 0 aliphatic heterocycles. The Hall–Kier alpha value is -1.60. The highest BCUT2D eigenvalue weighted by Gasteiger charge is 2.25. The molecule has 104 valence electrons. The van der Waals surface area contributed by atoms with E-state index in [1.54, 1.807) is 12.1 Å². The van der Waals surface area contributed by atoms with Crippen molar-refractivity contribution in [1.82, 2.24) is 5.32 Å². The third-order valence-corrected chi connectivity index (χ3v) is 3.14. The Balaban J connectivity index is 2.65. The highest BCUT2D eigenvalue weighted by Crippen LogP contribution is 2.20. The fourth-order valence-electron chi connectivity index (χ4n) is 1.45. The number of nitrogens with one attached hydrogen (secondary N) is 1.